The molecule has 1 aliphatic rings. The van der Waals surface area contributed by atoms with Gasteiger partial charge in [-0.25, -0.2) is 8.78 Å². The first kappa shape index (κ1) is 31.8. The fraction of sp³-hybridized carbons (Fsp3) is 0.444. The van der Waals surface area contributed by atoms with Crippen molar-refractivity contribution >= 4 is 0 Å². The van der Waals surface area contributed by atoms with Crippen LogP contribution in [-0.2, 0) is 9.47 Å². The molecule has 0 amide bonds. The SMILES string of the molecule is C/C=C/CCC1COC(c2ccc(-c3ccc(-c4ccc(OCCCCCCCCC)c(F)c4F)cc3)c(F)c2)OC1. The number of allylic oxidation sites excluding steroid dienone is 2. The molecule has 6 heteroatoms. The third-order valence-electron chi connectivity index (χ3n) is 7.77. The van der Waals surface area contributed by atoms with Crippen molar-refractivity contribution in [2.45, 2.75) is 77.9 Å². The molecule has 1 fully saturated rings. The summed E-state index contributed by atoms with van der Waals surface area (Å²) < 4.78 is 62.1. The molecule has 0 aliphatic carbocycles. The van der Waals surface area contributed by atoms with Crippen molar-refractivity contribution in [1.29, 1.82) is 0 Å². The molecule has 226 valence electrons. The Bertz CT molecular complexity index is 1280. The van der Waals surface area contributed by atoms with Gasteiger partial charge < -0.3 is 14.2 Å². The second-order valence-electron chi connectivity index (χ2n) is 11.0. The van der Waals surface area contributed by atoms with Gasteiger partial charge in [0.25, 0.3) is 0 Å². The minimum absolute atomic E-state index is 0.0730. The van der Waals surface area contributed by atoms with Gasteiger partial charge in [-0.2, -0.15) is 4.39 Å². The van der Waals surface area contributed by atoms with Crippen molar-refractivity contribution in [3.63, 3.8) is 0 Å². The van der Waals surface area contributed by atoms with E-state index in [0.29, 0.717) is 48.0 Å². The quantitative estimate of drug-likeness (QED) is 0.132. The predicted molar refractivity (Wildman–Crippen MR) is 163 cm³/mol. The van der Waals surface area contributed by atoms with E-state index in [2.05, 4.69) is 13.0 Å². The number of unbranched alkanes of at least 4 members (excludes halogenated alkanes) is 6. The summed E-state index contributed by atoms with van der Waals surface area (Å²) in [5.74, 6) is -2.08. The van der Waals surface area contributed by atoms with Gasteiger partial charge in [-0.05, 0) is 55.5 Å². The molecule has 1 aliphatic heterocycles. The highest BCUT2D eigenvalue weighted by atomic mass is 19.2. The summed E-state index contributed by atoms with van der Waals surface area (Å²) in [5, 5.41) is 0. The minimum atomic E-state index is -0.988. The van der Waals surface area contributed by atoms with Gasteiger partial charge in [-0.15, -0.1) is 0 Å². The maximum absolute atomic E-state index is 15.1. The van der Waals surface area contributed by atoms with E-state index in [4.69, 9.17) is 14.2 Å². The lowest BCUT2D eigenvalue weighted by Crippen LogP contribution is -2.27. The van der Waals surface area contributed by atoms with Gasteiger partial charge >= 0.3 is 0 Å². The van der Waals surface area contributed by atoms with Gasteiger partial charge in [0.05, 0.1) is 19.8 Å². The lowest BCUT2D eigenvalue weighted by molar-refractivity contribution is -0.205. The van der Waals surface area contributed by atoms with Crippen molar-refractivity contribution in [2.75, 3.05) is 19.8 Å². The molecular formula is C36H43F3O3. The van der Waals surface area contributed by atoms with Crippen LogP contribution >= 0.6 is 0 Å². The predicted octanol–water partition coefficient (Wildman–Crippen LogP) is 10.6. The van der Waals surface area contributed by atoms with Crippen molar-refractivity contribution in [3.05, 3.63) is 89.8 Å². The molecule has 3 aromatic carbocycles. The molecule has 0 spiro atoms. The largest absolute Gasteiger partial charge is 0.490 e. The molecule has 3 nitrogen and oxygen atoms in total. The first-order valence-corrected chi connectivity index (χ1v) is 15.4. The average Bonchev–Trinajstić information content (AvgIpc) is 3.01. The van der Waals surface area contributed by atoms with Gasteiger partial charge in [0.2, 0.25) is 5.82 Å². The van der Waals surface area contributed by atoms with E-state index in [1.807, 2.05) is 13.0 Å². The Hall–Kier alpha value is -3.09. The molecule has 1 heterocycles. The number of benzene rings is 3. The minimum Gasteiger partial charge on any atom is -0.490 e. The van der Waals surface area contributed by atoms with Crippen molar-refractivity contribution < 1.29 is 27.4 Å². The molecule has 42 heavy (non-hydrogen) atoms. The third-order valence-corrected chi connectivity index (χ3v) is 7.77. The molecule has 3 aromatic rings. The Morgan fingerprint density at radius 1 is 0.786 bits per heavy atom. The van der Waals surface area contributed by atoms with E-state index >= 15 is 4.39 Å². The summed E-state index contributed by atoms with van der Waals surface area (Å²) in [4.78, 5) is 0. The Kier molecular flexibility index (Phi) is 12.5. The van der Waals surface area contributed by atoms with Crippen LogP contribution in [0.25, 0.3) is 22.3 Å². The van der Waals surface area contributed by atoms with Crippen LogP contribution in [-0.4, -0.2) is 19.8 Å². The number of hydrogen-bond acceptors (Lipinski definition) is 3. The second-order valence-corrected chi connectivity index (χ2v) is 11.0. The van der Waals surface area contributed by atoms with Gasteiger partial charge in [0.1, 0.15) is 5.82 Å². The standard InChI is InChI=1S/C36H43F3O3/c1-3-5-7-8-9-10-12-22-40-33-21-20-31(34(38)35(33)39)28-16-14-27(15-17-28)30-19-18-29(23-32(30)37)36-41-24-26(25-42-36)13-11-6-4-2/h4,6,14-21,23,26,36H,3,5,7-13,22,24-25H2,1-2H3/b6-4+. The van der Waals surface area contributed by atoms with Gasteiger partial charge in [-0.1, -0.05) is 94.0 Å². The highest BCUT2D eigenvalue weighted by Crippen LogP contribution is 2.34. The molecule has 0 radical (unpaired) electrons. The zero-order valence-corrected chi connectivity index (χ0v) is 24.8. The third kappa shape index (κ3) is 8.71. The van der Waals surface area contributed by atoms with Gasteiger partial charge in [-0.3, -0.25) is 0 Å². The number of halogens is 3. The summed E-state index contributed by atoms with van der Waals surface area (Å²) in [6, 6.07) is 14.7. The zero-order chi connectivity index (χ0) is 29.7. The van der Waals surface area contributed by atoms with E-state index in [1.54, 1.807) is 36.4 Å². The van der Waals surface area contributed by atoms with Gasteiger partial charge in [0, 0.05) is 22.6 Å². The van der Waals surface area contributed by atoms with E-state index < -0.39 is 23.7 Å². The molecule has 1 saturated heterocycles. The lowest BCUT2D eigenvalue weighted by atomic mass is 9.98. The monoisotopic (exact) mass is 580 g/mol. The lowest BCUT2D eigenvalue weighted by Gasteiger charge is -2.29. The first-order chi connectivity index (χ1) is 20.5. The van der Waals surface area contributed by atoms with Crippen LogP contribution in [0.1, 0.15) is 83.5 Å². The molecule has 0 unspecified atom stereocenters. The van der Waals surface area contributed by atoms with Crippen molar-refractivity contribution in [1.82, 2.24) is 0 Å². The Morgan fingerprint density at radius 2 is 1.43 bits per heavy atom. The number of hydrogen-bond donors (Lipinski definition) is 0. The summed E-state index contributed by atoms with van der Waals surface area (Å²) >= 11 is 0. The summed E-state index contributed by atoms with van der Waals surface area (Å²) in [7, 11) is 0. The molecular weight excluding hydrogens is 537 g/mol. The van der Waals surface area contributed by atoms with Crippen molar-refractivity contribution in [3.8, 4) is 28.0 Å². The fourth-order valence-electron chi connectivity index (χ4n) is 5.25. The van der Waals surface area contributed by atoms with E-state index in [1.165, 1.54) is 43.9 Å². The fourth-order valence-corrected chi connectivity index (χ4v) is 5.25. The topological polar surface area (TPSA) is 27.7 Å². The molecule has 0 atom stereocenters. The maximum Gasteiger partial charge on any atom is 0.201 e. The van der Waals surface area contributed by atoms with Crippen LogP contribution in [0, 0.1) is 23.4 Å². The summed E-state index contributed by atoms with van der Waals surface area (Å²) in [6.45, 7) is 5.71. The van der Waals surface area contributed by atoms with Gasteiger partial charge in [0.15, 0.2) is 17.9 Å². The van der Waals surface area contributed by atoms with E-state index in [0.717, 1.165) is 32.1 Å². The summed E-state index contributed by atoms with van der Waals surface area (Å²) in [6.07, 6.45) is 13.4. The highest BCUT2D eigenvalue weighted by molar-refractivity contribution is 5.71. The number of rotatable bonds is 15. The normalized spacial score (nSPS) is 17.2. The summed E-state index contributed by atoms with van der Waals surface area (Å²) in [5.41, 5.74) is 2.30. The molecule has 4 rings (SSSR count). The maximum atomic E-state index is 15.1. The molecule has 0 aromatic heterocycles. The van der Waals surface area contributed by atoms with Crippen LogP contribution in [0.15, 0.2) is 66.7 Å². The van der Waals surface area contributed by atoms with E-state index in [9.17, 15) is 8.78 Å². The van der Waals surface area contributed by atoms with Crippen LogP contribution in [0.5, 0.6) is 5.75 Å². The number of ether oxygens (including phenoxy) is 3. The molecule has 0 bridgehead atoms. The Morgan fingerprint density at radius 3 is 2.10 bits per heavy atom. The van der Waals surface area contributed by atoms with Crippen LogP contribution in [0.4, 0.5) is 13.2 Å². The zero-order valence-electron chi connectivity index (χ0n) is 24.8. The van der Waals surface area contributed by atoms with E-state index in [-0.39, 0.29) is 11.3 Å². The van der Waals surface area contributed by atoms with Crippen LogP contribution in [0.2, 0.25) is 0 Å². The Balaban J connectivity index is 1.33. The first-order valence-electron chi connectivity index (χ1n) is 15.4. The van der Waals surface area contributed by atoms with Crippen LogP contribution < -0.4 is 4.74 Å². The highest BCUT2D eigenvalue weighted by Gasteiger charge is 2.24. The second kappa shape index (κ2) is 16.5. The van der Waals surface area contributed by atoms with Crippen LogP contribution in [0.3, 0.4) is 0 Å². The van der Waals surface area contributed by atoms with Crippen molar-refractivity contribution in [2.24, 2.45) is 5.92 Å². The molecule has 0 N–H and O–H groups in total. The smallest absolute Gasteiger partial charge is 0.201 e. The average molecular weight is 581 g/mol. The Labute approximate surface area is 248 Å². The molecule has 0 saturated carbocycles.